The van der Waals surface area contributed by atoms with E-state index in [1.54, 1.807) is 0 Å². The molecule has 0 bridgehead atoms. The molecule has 0 heterocycles. The molecule has 0 spiro atoms. The highest BCUT2D eigenvalue weighted by atomic mass is 16.4. The van der Waals surface area contributed by atoms with E-state index >= 15 is 0 Å². The van der Waals surface area contributed by atoms with Gasteiger partial charge in [-0.1, -0.05) is 38.8 Å². The van der Waals surface area contributed by atoms with Gasteiger partial charge in [-0.25, -0.2) is 0 Å². The number of aliphatic carboxylic acids is 1. The SMILES string of the molecule is CC(=CCC1C(C)(O)CCC2C(C)(C)CCCC21C)CC(=O)O. The topological polar surface area (TPSA) is 57.5 Å². The number of fused-ring (bicyclic) bond motifs is 1. The highest BCUT2D eigenvalue weighted by molar-refractivity contribution is 5.69. The van der Waals surface area contributed by atoms with Gasteiger partial charge in [-0.2, -0.15) is 0 Å². The van der Waals surface area contributed by atoms with E-state index in [-0.39, 0.29) is 17.8 Å². The maximum absolute atomic E-state index is 11.1. The molecule has 2 aliphatic carbocycles. The molecule has 4 atom stereocenters. The summed E-state index contributed by atoms with van der Waals surface area (Å²) < 4.78 is 0. The van der Waals surface area contributed by atoms with Crippen molar-refractivity contribution < 1.29 is 15.0 Å². The summed E-state index contributed by atoms with van der Waals surface area (Å²) in [7, 11) is 0. The van der Waals surface area contributed by atoms with Crippen molar-refractivity contribution in [2.24, 2.45) is 22.7 Å². The molecule has 2 aliphatic rings. The third kappa shape index (κ3) is 3.65. The predicted octanol–water partition coefficient (Wildman–Crippen LogP) is 4.79. The molecular weight excluding hydrogens is 288 g/mol. The van der Waals surface area contributed by atoms with Crippen LogP contribution in [0.3, 0.4) is 0 Å². The third-order valence-corrected chi connectivity index (χ3v) is 6.89. The maximum Gasteiger partial charge on any atom is 0.307 e. The van der Waals surface area contributed by atoms with Gasteiger partial charge in [0.25, 0.3) is 0 Å². The number of carboxylic acid groups (broad SMARTS) is 1. The van der Waals surface area contributed by atoms with Crippen LogP contribution in [0.4, 0.5) is 0 Å². The molecule has 132 valence electrons. The van der Waals surface area contributed by atoms with Gasteiger partial charge < -0.3 is 10.2 Å². The van der Waals surface area contributed by atoms with Gasteiger partial charge in [0, 0.05) is 0 Å². The van der Waals surface area contributed by atoms with Crippen LogP contribution in [0.1, 0.15) is 79.6 Å². The molecule has 0 aromatic heterocycles. The number of carboxylic acids is 1. The summed E-state index contributed by atoms with van der Waals surface area (Å²) in [5.74, 6) is 0.0660. The van der Waals surface area contributed by atoms with E-state index in [0.717, 1.165) is 24.8 Å². The molecule has 4 unspecified atom stereocenters. The minimum Gasteiger partial charge on any atom is -0.481 e. The number of hydrogen-bond donors (Lipinski definition) is 2. The molecule has 0 aliphatic heterocycles. The Morgan fingerprint density at radius 2 is 1.83 bits per heavy atom. The fourth-order valence-electron chi connectivity index (χ4n) is 5.78. The molecule has 23 heavy (non-hydrogen) atoms. The average Bonchev–Trinajstić information content (AvgIpc) is 2.34. The van der Waals surface area contributed by atoms with E-state index in [2.05, 4.69) is 26.8 Å². The molecule has 0 amide bonds. The van der Waals surface area contributed by atoms with Crippen LogP contribution in [0.2, 0.25) is 0 Å². The van der Waals surface area contributed by atoms with Crippen LogP contribution >= 0.6 is 0 Å². The third-order valence-electron chi connectivity index (χ3n) is 6.89. The van der Waals surface area contributed by atoms with Crippen LogP contribution in [0.15, 0.2) is 11.6 Å². The van der Waals surface area contributed by atoms with Crippen molar-refractivity contribution in [2.45, 2.75) is 85.2 Å². The zero-order valence-electron chi connectivity index (χ0n) is 15.5. The Morgan fingerprint density at radius 3 is 2.43 bits per heavy atom. The number of allylic oxidation sites excluding steroid dienone is 1. The van der Waals surface area contributed by atoms with Crippen LogP contribution in [0.5, 0.6) is 0 Å². The zero-order valence-corrected chi connectivity index (χ0v) is 15.5. The minimum absolute atomic E-state index is 0.0977. The maximum atomic E-state index is 11.1. The van der Waals surface area contributed by atoms with E-state index in [4.69, 9.17) is 5.11 Å². The Kier molecular flexibility index (Phi) is 5.02. The van der Waals surface area contributed by atoms with Crippen molar-refractivity contribution in [1.29, 1.82) is 0 Å². The second kappa shape index (κ2) is 6.23. The van der Waals surface area contributed by atoms with Crippen molar-refractivity contribution in [3.8, 4) is 0 Å². The number of rotatable bonds is 4. The number of hydrogen-bond acceptors (Lipinski definition) is 2. The lowest BCUT2D eigenvalue weighted by Gasteiger charge is -2.61. The first kappa shape index (κ1) is 18.5. The van der Waals surface area contributed by atoms with Gasteiger partial charge in [-0.3, -0.25) is 4.79 Å². The van der Waals surface area contributed by atoms with Gasteiger partial charge in [0.2, 0.25) is 0 Å². The lowest BCUT2D eigenvalue weighted by Crippen LogP contribution is -2.57. The first-order chi connectivity index (χ1) is 10.5. The summed E-state index contributed by atoms with van der Waals surface area (Å²) >= 11 is 0. The largest absolute Gasteiger partial charge is 0.481 e. The summed E-state index contributed by atoms with van der Waals surface area (Å²) in [5.41, 5.74) is 0.720. The molecule has 0 aromatic carbocycles. The molecule has 0 saturated heterocycles. The second-order valence-corrected chi connectivity index (χ2v) is 9.21. The minimum atomic E-state index is -0.781. The summed E-state index contributed by atoms with van der Waals surface area (Å²) in [5, 5.41) is 20.0. The van der Waals surface area contributed by atoms with Crippen molar-refractivity contribution in [2.75, 3.05) is 0 Å². The molecule has 0 aromatic rings. The molecule has 0 radical (unpaired) electrons. The average molecular weight is 322 g/mol. The normalized spacial score (nSPS) is 40.5. The lowest BCUT2D eigenvalue weighted by molar-refractivity contribution is -0.165. The fraction of sp³-hybridized carbons (Fsp3) is 0.850. The van der Waals surface area contributed by atoms with E-state index in [9.17, 15) is 9.90 Å². The smallest absolute Gasteiger partial charge is 0.307 e. The molecule has 3 heteroatoms. The van der Waals surface area contributed by atoms with Crippen molar-refractivity contribution in [3.63, 3.8) is 0 Å². The first-order valence-electron chi connectivity index (χ1n) is 9.09. The van der Waals surface area contributed by atoms with Crippen LogP contribution < -0.4 is 0 Å². The van der Waals surface area contributed by atoms with Crippen molar-refractivity contribution in [3.05, 3.63) is 11.6 Å². The Bertz CT molecular complexity index is 489. The Labute approximate surface area is 141 Å². The summed E-state index contributed by atoms with van der Waals surface area (Å²) in [4.78, 5) is 10.9. The van der Waals surface area contributed by atoms with E-state index in [0.29, 0.717) is 11.3 Å². The van der Waals surface area contributed by atoms with Gasteiger partial charge in [-0.15, -0.1) is 0 Å². The summed E-state index contributed by atoms with van der Waals surface area (Å²) in [6.07, 6.45) is 8.57. The Balaban J connectivity index is 2.27. The van der Waals surface area contributed by atoms with E-state index in [1.165, 1.54) is 19.3 Å². The van der Waals surface area contributed by atoms with E-state index in [1.807, 2.05) is 13.8 Å². The fourth-order valence-corrected chi connectivity index (χ4v) is 5.78. The molecule has 2 saturated carbocycles. The highest BCUT2D eigenvalue weighted by Crippen LogP contribution is 2.62. The first-order valence-corrected chi connectivity index (χ1v) is 9.09. The van der Waals surface area contributed by atoms with Gasteiger partial charge in [-0.05, 0) is 68.6 Å². The van der Waals surface area contributed by atoms with Crippen LogP contribution in [0.25, 0.3) is 0 Å². The van der Waals surface area contributed by atoms with Gasteiger partial charge in [0.1, 0.15) is 0 Å². The molecule has 2 N–H and O–H groups in total. The molecule has 2 rings (SSSR count). The standard InChI is InChI=1S/C20H34O3/c1-14(13-17(21)22)7-8-16-19(4)11-6-10-18(2,3)15(19)9-12-20(16,5)23/h7,15-16,23H,6,8-13H2,1-5H3,(H,21,22). The summed E-state index contributed by atoms with van der Waals surface area (Å²) in [6.45, 7) is 11.0. The van der Waals surface area contributed by atoms with Crippen LogP contribution in [-0.4, -0.2) is 21.8 Å². The summed E-state index contributed by atoms with van der Waals surface area (Å²) in [6, 6.07) is 0. The highest BCUT2D eigenvalue weighted by Gasteiger charge is 2.57. The van der Waals surface area contributed by atoms with Gasteiger partial charge in [0.05, 0.1) is 12.0 Å². The molecule has 3 nitrogen and oxygen atoms in total. The molecule has 2 fully saturated rings. The second-order valence-electron chi connectivity index (χ2n) is 9.21. The Morgan fingerprint density at radius 1 is 1.17 bits per heavy atom. The molecular formula is C20H34O3. The van der Waals surface area contributed by atoms with Crippen LogP contribution in [-0.2, 0) is 4.79 Å². The van der Waals surface area contributed by atoms with Crippen molar-refractivity contribution in [1.82, 2.24) is 0 Å². The van der Waals surface area contributed by atoms with Crippen LogP contribution in [0, 0.1) is 22.7 Å². The van der Waals surface area contributed by atoms with Gasteiger partial charge >= 0.3 is 5.97 Å². The monoisotopic (exact) mass is 322 g/mol. The number of aliphatic hydroxyl groups is 1. The quantitative estimate of drug-likeness (QED) is 0.732. The predicted molar refractivity (Wildman–Crippen MR) is 93.2 cm³/mol. The van der Waals surface area contributed by atoms with E-state index < -0.39 is 11.6 Å². The zero-order chi connectivity index (χ0) is 17.5. The van der Waals surface area contributed by atoms with Crippen molar-refractivity contribution >= 4 is 5.97 Å². The Hall–Kier alpha value is -0.830. The number of carbonyl (C=O) groups is 1. The lowest BCUT2D eigenvalue weighted by atomic mass is 9.45. The van der Waals surface area contributed by atoms with Gasteiger partial charge in [0.15, 0.2) is 0 Å².